The minimum absolute atomic E-state index is 0.0880. The van der Waals surface area contributed by atoms with Gasteiger partial charge in [-0.1, -0.05) is 25.1 Å². The maximum atomic E-state index is 12.7. The molecule has 3 rings (SSSR count). The molecule has 0 aliphatic carbocycles. The maximum Gasteiger partial charge on any atom is 0.229 e. The molecule has 2 aromatic rings. The lowest BCUT2D eigenvalue weighted by Gasteiger charge is -2.18. The van der Waals surface area contributed by atoms with Crippen LogP contribution < -0.4 is 10.2 Å². The molecule has 1 heterocycles. The molecular formula is C21H24N2O4S. The number of benzene rings is 2. The average Bonchev–Trinajstić information content (AvgIpc) is 3.04. The molecule has 1 fully saturated rings. The van der Waals surface area contributed by atoms with Gasteiger partial charge >= 0.3 is 0 Å². The summed E-state index contributed by atoms with van der Waals surface area (Å²) in [5.41, 5.74) is 3.14. The number of nitrogens with zero attached hydrogens (tertiary/aromatic N) is 1. The number of anilines is 2. The Labute approximate surface area is 165 Å². The van der Waals surface area contributed by atoms with Gasteiger partial charge in [-0.15, -0.1) is 0 Å². The van der Waals surface area contributed by atoms with Crippen LogP contribution in [0.3, 0.4) is 0 Å². The molecule has 1 unspecified atom stereocenters. The highest BCUT2D eigenvalue weighted by Crippen LogP contribution is 2.28. The Morgan fingerprint density at radius 2 is 1.96 bits per heavy atom. The second-order valence-corrected chi connectivity index (χ2v) is 9.18. The van der Waals surface area contributed by atoms with Crippen molar-refractivity contribution in [3.63, 3.8) is 0 Å². The summed E-state index contributed by atoms with van der Waals surface area (Å²) in [4.78, 5) is 27.0. The van der Waals surface area contributed by atoms with E-state index in [9.17, 15) is 18.0 Å². The number of amides is 2. The average molecular weight is 401 g/mol. The van der Waals surface area contributed by atoms with E-state index >= 15 is 0 Å². The number of nitrogens with one attached hydrogen (secondary N) is 1. The standard InChI is InChI=1S/C21H24N2O4S/c1-4-15-6-5-7-17(10-15)23-13-16(11-20(23)24)21(25)22-19-12-18(28(3,26)27)9-8-14(19)2/h5-10,12,16H,4,11,13H2,1-3H3,(H,22,25). The van der Waals surface area contributed by atoms with E-state index in [2.05, 4.69) is 5.32 Å². The molecule has 2 amide bonds. The fourth-order valence-electron chi connectivity index (χ4n) is 3.28. The molecule has 1 aliphatic rings. The Kier molecular flexibility index (Phi) is 5.56. The molecule has 1 saturated heterocycles. The summed E-state index contributed by atoms with van der Waals surface area (Å²) in [6.45, 7) is 4.15. The van der Waals surface area contributed by atoms with Crippen LogP contribution >= 0.6 is 0 Å². The van der Waals surface area contributed by atoms with Crippen molar-refractivity contribution in [1.29, 1.82) is 0 Å². The van der Waals surface area contributed by atoms with E-state index in [1.54, 1.807) is 17.9 Å². The lowest BCUT2D eigenvalue weighted by molar-refractivity contribution is -0.122. The third-order valence-corrected chi connectivity index (χ3v) is 6.13. The second kappa shape index (κ2) is 7.75. The van der Waals surface area contributed by atoms with Crippen LogP contribution in [0, 0.1) is 12.8 Å². The third-order valence-electron chi connectivity index (χ3n) is 5.02. The maximum absolute atomic E-state index is 12.7. The van der Waals surface area contributed by atoms with Crippen LogP contribution in [0.25, 0.3) is 0 Å². The van der Waals surface area contributed by atoms with Gasteiger partial charge in [0.15, 0.2) is 9.84 Å². The molecule has 7 heteroatoms. The number of carbonyl (C=O) groups is 2. The molecule has 1 atom stereocenters. The van der Waals surface area contributed by atoms with Crippen LogP contribution in [-0.4, -0.2) is 33.0 Å². The van der Waals surface area contributed by atoms with Gasteiger partial charge < -0.3 is 10.2 Å². The molecule has 0 bridgehead atoms. The van der Waals surface area contributed by atoms with E-state index in [-0.39, 0.29) is 23.1 Å². The first-order chi connectivity index (χ1) is 13.2. The van der Waals surface area contributed by atoms with Crippen LogP contribution in [0.15, 0.2) is 47.4 Å². The first kappa shape index (κ1) is 20.1. The minimum Gasteiger partial charge on any atom is -0.325 e. The summed E-state index contributed by atoms with van der Waals surface area (Å²) >= 11 is 0. The fourth-order valence-corrected chi connectivity index (χ4v) is 3.93. The molecule has 148 valence electrons. The van der Waals surface area contributed by atoms with Crippen molar-refractivity contribution in [2.45, 2.75) is 31.6 Å². The van der Waals surface area contributed by atoms with Crippen molar-refractivity contribution in [3.05, 3.63) is 53.6 Å². The Bertz CT molecular complexity index is 1030. The number of rotatable bonds is 5. The van der Waals surface area contributed by atoms with E-state index < -0.39 is 15.8 Å². The summed E-state index contributed by atoms with van der Waals surface area (Å²) in [5.74, 6) is -0.856. The Balaban J connectivity index is 1.77. The molecule has 28 heavy (non-hydrogen) atoms. The highest BCUT2D eigenvalue weighted by Gasteiger charge is 2.35. The van der Waals surface area contributed by atoms with Crippen LogP contribution in [-0.2, 0) is 25.8 Å². The van der Waals surface area contributed by atoms with Crippen molar-refractivity contribution >= 4 is 33.0 Å². The largest absolute Gasteiger partial charge is 0.325 e. The van der Waals surface area contributed by atoms with Gasteiger partial charge in [0.25, 0.3) is 0 Å². The van der Waals surface area contributed by atoms with Gasteiger partial charge in [0, 0.05) is 30.6 Å². The predicted molar refractivity (Wildman–Crippen MR) is 109 cm³/mol. The monoisotopic (exact) mass is 400 g/mol. The summed E-state index contributed by atoms with van der Waals surface area (Å²) in [5, 5.41) is 2.80. The van der Waals surface area contributed by atoms with Gasteiger partial charge in [0.05, 0.1) is 10.8 Å². The molecule has 0 spiro atoms. The number of hydrogen-bond acceptors (Lipinski definition) is 4. The van der Waals surface area contributed by atoms with Crippen molar-refractivity contribution < 1.29 is 18.0 Å². The predicted octanol–water partition coefficient (Wildman–Crippen LogP) is 2.95. The van der Waals surface area contributed by atoms with Crippen LogP contribution in [0.4, 0.5) is 11.4 Å². The Morgan fingerprint density at radius 1 is 1.21 bits per heavy atom. The topological polar surface area (TPSA) is 83.6 Å². The fraction of sp³-hybridized carbons (Fsp3) is 0.333. The normalized spacial score (nSPS) is 17.0. The number of carbonyl (C=O) groups excluding carboxylic acids is 2. The molecule has 0 aromatic heterocycles. The van der Waals surface area contributed by atoms with Crippen LogP contribution in [0.1, 0.15) is 24.5 Å². The van der Waals surface area contributed by atoms with E-state index in [1.807, 2.05) is 31.2 Å². The van der Waals surface area contributed by atoms with E-state index in [0.29, 0.717) is 12.2 Å². The smallest absolute Gasteiger partial charge is 0.229 e. The first-order valence-electron chi connectivity index (χ1n) is 9.20. The zero-order valence-electron chi connectivity index (χ0n) is 16.2. The quantitative estimate of drug-likeness (QED) is 0.836. The lowest BCUT2D eigenvalue weighted by Crippen LogP contribution is -2.28. The summed E-state index contributed by atoms with van der Waals surface area (Å²) in [7, 11) is -3.37. The second-order valence-electron chi connectivity index (χ2n) is 7.17. The van der Waals surface area contributed by atoms with Gasteiger partial charge in [0.2, 0.25) is 11.8 Å². The zero-order valence-corrected chi connectivity index (χ0v) is 17.0. The van der Waals surface area contributed by atoms with E-state index in [0.717, 1.165) is 29.5 Å². The molecule has 6 nitrogen and oxygen atoms in total. The van der Waals surface area contributed by atoms with Crippen LogP contribution in [0.2, 0.25) is 0 Å². The van der Waals surface area contributed by atoms with Gasteiger partial charge in [-0.2, -0.15) is 0 Å². The summed E-state index contributed by atoms with van der Waals surface area (Å²) in [6, 6.07) is 12.4. The number of sulfone groups is 1. The van der Waals surface area contributed by atoms with Crippen molar-refractivity contribution in [3.8, 4) is 0 Å². The molecule has 0 saturated carbocycles. The zero-order chi connectivity index (χ0) is 20.5. The highest BCUT2D eigenvalue weighted by atomic mass is 32.2. The molecule has 0 radical (unpaired) electrons. The van der Waals surface area contributed by atoms with Gasteiger partial charge in [-0.3, -0.25) is 9.59 Å². The molecule has 1 aliphatic heterocycles. The van der Waals surface area contributed by atoms with Crippen molar-refractivity contribution in [2.24, 2.45) is 5.92 Å². The van der Waals surface area contributed by atoms with Gasteiger partial charge in [0.1, 0.15) is 0 Å². The molecule has 1 N–H and O–H groups in total. The lowest BCUT2D eigenvalue weighted by atomic mass is 10.1. The van der Waals surface area contributed by atoms with Crippen molar-refractivity contribution in [1.82, 2.24) is 0 Å². The van der Waals surface area contributed by atoms with Crippen LogP contribution in [0.5, 0.6) is 0 Å². The highest BCUT2D eigenvalue weighted by molar-refractivity contribution is 7.90. The molecular weight excluding hydrogens is 376 g/mol. The Morgan fingerprint density at radius 3 is 2.64 bits per heavy atom. The summed E-state index contributed by atoms with van der Waals surface area (Å²) in [6.07, 6.45) is 2.13. The number of hydrogen-bond donors (Lipinski definition) is 1. The Hall–Kier alpha value is -2.67. The number of aryl methyl sites for hydroxylation is 2. The van der Waals surface area contributed by atoms with Crippen molar-refractivity contribution in [2.75, 3.05) is 23.0 Å². The summed E-state index contributed by atoms with van der Waals surface area (Å²) < 4.78 is 23.5. The van der Waals surface area contributed by atoms with Gasteiger partial charge in [-0.25, -0.2) is 8.42 Å². The van der Waals surface area contributed by atoms with Gasteiger partial charge in [-0.05, 0) is 48.7 Å². The first-order valence-corrected chi connectivity index (χ1v) is 11.1. The van der Waals surface area contributed by atoms with E-state index in [1.165, 1.54) is 12.1 Å². The third kappa shape index (κ3) is 4.25. The van der Waals surface area contributed by atoms with E-state index in [4.69, 9.17) is 0 Å². The SMILES string of the molecule is CCc1cccc(N2CC(C(=O)Nc3cc(S(C)(=O)=O)ccc3C)CC2=O)c1. The molecule has 2 aromatic carbocycles. The minimum atomic E-state index is -3.37.